The molecule has 0 radical (unpaired) electrons. The van der Waals surface area contributed by atoms with Gasteiger partial charge >= 0.3 is 5.97 Å². The standard InChI is InChI=1S/C23H22N4O4.C21H19ClN4O2/c1-4-27-19-13-18(21(28)31-3)25-20(17(19)14-24-27)16-7-5-6-15(12-16)8-9-23(30)10-11-26(2)22(23)29;1-3-26-17-12-18(22)24-19(16(17)13-23-26)15-6-4-5-14(11-15)7-8-21(28)9-10-25(2)20(21)27/h5-7,12-14,30H,4,10-11H2,1-3H3;4-6,11-13,28H,3,9-10H2,1-2H3/t23-;21-/m00/s1. The van der Waals surface area contributed by atoms with Crippen LogP contribution in [-0.4, -0.2) is 113 Å². The van der Waals surface area contributed by atoms with Crippen LogP contribution in [0.3, 0.4) is 0 Å². The van der Waals surface area contributed by atoms with Gasteiger partial charge in [-0.2, -0.15) is 10.2 Å². The number of nitrogens with zero attached hydrogens (tertiary/aromatic N) is 8. The van der Waals surface area contributed by atoms with E-state index in [9.17, 15) is 24.6 Å². The fourth-order valence-corrected chi connectivity index (χ4v) is 7.23. The summed E-state index contributed by atoms with van der Waals surface area (Å²) < 4.78 is 8.51. The van der Waals surface area contributed by atoms with Gasteiger partial charge in [-0.15, -0.1) is 0 Å². The molecule has 0 spiro atoms. The molecule has 0 unspecified atom stereocenters. The number of aromatic nitrogens is 6. The van der Waals surface area contributed by atoms with Crippen molar-refractivity contribution in [2.24, 2.45) is 0 Å². The number of ether oxygens (including phenoxy) is 1. The summed E-state index contributed by atoms with van der Waals surface area (Å²) in [5.74, 6) is 10.0. The third kappa shape index (κ3) is 7.98. The predicted molar refractivity (Wildman–Crippen MR) is 222 cm³/mol. The molecule has 300 valence electrons. The Morgan fingerprint density at radius 2 is 1.24 bits per heavy atom. The lowest BCUT2D eigenvalue weighted by molar-refractivity contribution is -0.138. The second-order valence-corrected chi connectivity index (χ2v) is 14.7. The van der Waals surface area contributed by atoms with Gasteiger partial charge in [-0.05, 0) is 44.2 Å². The number of methoxy groups -OCH3 is 1. The lowest BCUT2D eigenvalue weighted by Crippen LogP contribution is -2.37. The highest BCUT2D eigenvalue weighted by molar-refractivity contribution is 6.30. The zero-order chi connectivity index (χ0) is 42.1. The van der Waals surface area contributed by atoms with Gasteiger partial charge in [0, 0.05) is 92.2 Å². The van der Waals surface area contributed by atoms with Crippen LogP contribution in [0.5, 0.6) is 0 Å². The van der Waals surface area contributed by atoms with Crippen LogP contribution in [0.25, 0.3) is 44.3 Å². The van der Waals surface area contributed by atoms with Crippen molar-refractivity contribution in [3.63, 3.8) is 0 Å². The number of carbonyl (C=O) groups excluding carboxylic acids is 3. The number of aliphatic hydroxyl groups is 2. The van der Waals surface area contributed by atoms with Crippen LogP contribution in [0.2, 0.25) is 5.15 Å². The number of esters is 1. The molecular weight excluding hydrogens is 772 g/mol. The molecule has 4 aromatic heterocycles. The summed E-state index contributed by atoms with van der Waals surface area (Å²) in [5.41, 5.74) is 2.79. The Morgan fingerprint density at radius 1 is 0.763 bits per heavy atom. The third-order valence-corrected chi connectivity index (χ3v) is 10.6. The first-order chi connectivity index (χ1) is 28.3. The molecule has 14 nitrogen and oxygen atoms in total. The minimum Gasteiger partial charge on any atom is -0.464 e. The maximum absolute atomic E-state index is 12.2. The number of fused-ring (bicyclic) bond motifs is 2. The first-order valence-electron chi connectivity index (χ1n) is 19.0. The van der Waals surface area contributed by atoms with Gasteiger partial charge in [0.1, 0.15) is 5.15 Å². The highest BCUT2D eigenvalue weighted by atomic mass is 35.5. The topological polar surface area (TPSA) is 169 Å². The quantitative estimate of drug-likeness (QED) is 0.143. The van der Waals surface area contributed by atoms with Crippen molar-refractivity contribution >= 4 is 51.2 Å². The van der Waals surface area contributed by atoms with E-state index in [0.717, 1.165) is 45.2 Å². The molecule has 2 aliphatic rings. The third-order valence-electron chi connectivity index (χ3n) is 10.4. The highest BCUT2D eigenvalue weighted by Gasteiger charge is 2.43. The maximum atomic E-state index is 12.2. The zero-order valence-electron chi connectivity index (χ0n) is 33.2. The number of halogens is 1. The Morgan fingerprint density at radius 3 is 1.68 bits per heavy atom. The molecule has 0 aliphatic carbocycles. The fraction of sp³-hybridized carbons (Fsp3) is 0.295. The molecule has 6 aromatic rings. The van der Waals surface area contributed by atoms with E-state index in [1.165, 1.54) is 16.9 Å². The van der Waals surface area contributed by atoms with E-state index in [-0.39, 0.29) is 18.0 Å². The number of likely N-dealkylation sites (tertiary alicyclic amines) is 2. The zero-order valence-corrected chi connectivity index (χ0v) is 33.9. The van der Waals surface area contributed by atoms with E-state index >= 15 is 0 Å². The normalized spacial score (nSPS) is 18.6. The number of aryl methyl sites for hydroxylation is 2. The molecule has 59 heavy (non-hydrogen) atoms. The smallest absolute Gasteiger partial charge is 0.356 e. The van der Waals surface area contributed by atoms with Gasteiger partial charge in [0.15, 0.2) is 5.69 Å². The van der Waals surface area contributed by atoms with E-state index in [4.69, 9.17) is 16.3 Å². The summed E-state index contributed by atoms with van der Waals surface area (Å²) >= 11 is 6.24. The molecule has 2 N–H and O–H groups in total. The van der Waals surface area contributed by atoms with E-state index in [1.807, 2.05) is 61.0 Å². The van der Waals surface area contributed by atoms with Gasteiger partial charge in [0.25, 0.3) is 11.8 Å². The lowest BCUT2D eigenvalue weighted by Gasteiger charge is -2.13. The SMILES string of the molecule is CCn1ncc2c(-c3cccc(C#C[C@]4(O)CCN(C)C4=O)c3)nc(C(=O)OC)cc21.CCn1ncc2c(-c3cccc(C#C[C@]4(O)CCN(C)C4=O)c3)nc(Cl)cc21. The van der Waals surface area contributed by atoms with Gasteiger partial charge in [-0.3, -0.25) is 19.0 Å². The molecule has 0 saturated carbocycles. The summed E-state index contributed by atoms with van der Waals surface area (Å²) in [5, 5.41) is 31.9. The van der Waals surface area contributed by atoms with Crippen molar-refractivity contribution < 1.29 is 29.3 Å². The minimum absolute atomic E-state index is 0.186. The summed E-state index contributed by atoms with van der Waals surface area (Å²) in [6.45, 7) is 6.32. The molecule has 2 amide bonds. The highest BCUT2D eigenvalue weighted by Crippen LogP contribution is 2.31. The summed E-state index contributed by atoms with van der Waals surface area (Å²) in [6.07, 6.45) is 4.08. The summed E-state index contributed by atoms with van der Waals surface area (Å²) in [7, 11) is 4.62. The van der Waals surface area contributed by atoms with Crippen LogP contribution in [0.15, 0.2) is 73.1 Å². The van der Waals surface area contributed by atoms with Crippen molar-refractivity contribution in [1.29, 1.82) is 0 Å². The Bertz CT molecular complexity index is 2780. The largest absolute Gasteiger partial charge is 0.464 e. The monoisotopic (exact) mass is 812 g/mol. The number of amides is 2. The minimum atomic E-state index is -1.66. The number of benzene rings is 2. The van der Waals surface area contributed by atoms with Crippen molar-refractivity contribution in [2.75, 3.05) is 34.3 Å². The number of carbonyl (C=O) groups is 3. The number of pyridine rings is 2. The average Bonchev–Trinajstić information content (AvgIpc) is 4.00. The Labute approximate surface area is 345 Å². The molecule has 2 aliphatic heterocycles. The number of hydrogen-bond donors (Lipinski definition) is 2. The first-order valence-corrected chi connectivity index (χ1v) is 19.3. The lowest BCUT2D eigenvalue weighted by atomic mass is 10.0. The Hall–Kier alpha value is -6.58. The Balaban J connectivity index is 0.000000180. The molecule has 6 heterocycles. The predicted octanol–water partition coefficient (Wildman–Crippen LogP) is 4.57. The van der Waals surface area contributed by atoms with Gasteiger partial charge in [0.2, 0.25) is 11.2 Å². The van der Waals surface area contributed by atoms with Crippen LogP contribution in [0, 0.1) is 23.7 Å². The summed E-state index contributed by atoms with van der Waals surface area (Å²) in [6, 6.07) is 18.3. The van der Waals surface area contributed by atoms with E-state index < -0.39 is 23.1 Å². The number of hydrogen-bond acceptors (Lipinski definition) is 10. The average molecular weight is 813 g/mol. The number of likely N-dealkylation sites (N-methyl/N-ethyl adjacent to an activating group) is 2. The van der Waals surface area contributed by atoms with Crippen molar-refractivity contribution in [2.45, 2.75) is 51.0 Å². The van der Waals surface area contributed by atoms with Crippen LogP contribution in [-0.2, 0) is 27.4 Å². The molecule has 2 saturated heterocycles. The first kappa shape index (κ1) is 40.6. The molecule has 2 aromatic carbocycles. The van der Waals surface area contributed by atoms with Crippen molar-refractivity contribution in [3.05, 3.63) is 95.0 Å². The van der Waals surface area contributed by atoms with Gasteiger partial charge in [-0.25, -0.2) is 14.8 Å². The second-order valence-electron chi connectivity index (χ2n) is 14.3. The van der Waals surface area contributed by atoms with Gasteiger partial charge in [-0.1, -0.05) is 59.5 Å². The molecule has 2 atom stereocenters. The van der Waals surface area contributed by atoms with Crippen LogP contribution in [0.1, 0.15) is 48.3 Å². The molecule has 8 rings (SSSR count). The van der Waals surface area contributed by atoms with E-state index in [2.05, 4.69) is 43.8 Å². The fourth-order valence-electron chi connectivity index (χ4n) is 7.05. The summed E-state index contributed by atoms with van der Waals surface area (Å²) in [4.78, 5) is 48.4. The van der Waals surface area contributed by atoms with Crippen LogP contribution >= 0.6 is 11.6 Å². The molecular formula is C44H41ClN8O6. The molecule has 0 bridgehead atoms. The Kier molecular flexibility index (Phi) is 11.3. The maximum Gasteiger partial charge on any atom is 0.356 e. The van der Waals surface area contributed by atoms with Crippen molar-refractivity contribution in [1.82, 2.24) is 39.3 Å². The number of rotatable bonds is 5. The van der Waals surface area contributed by atoms with Crippen LogP contribution < -0.4 is 0 Å². The molecule has 15 heteroatoms. The van der Waals surface area contributed by atoms with Crippen LogP contribution in [0.4, 0.5) is 0 Å². The van der Waals surface area contributed by atoms with Crippen molar-refractivity contribution in [3.8, 4) is 46.2 Å². The van der Waals surface area contributed by atoms with E-state index in [1.54, 1.807) is 49.4 Å². The second kappa shape index (κ2) is 16.3. The van der Waals surface area contributed by atoms with Gasteiger partial charge in [0.05, 0.1) is 41.9 Å². The van der Waals surface area contributed by atoms with Gasteiger partial charge < -0.3 is 24.7 Å². The van der Waals surface area contributed by atoms with E-state index in [0.29, 0.717) is 48.0 Å². The molecule has 2 fully saturated rings.